The van der Waals surface area contributed by atoms with Crippen LogP contribution in [-0.4, -0.2) is 5.78 Å². The van der Waals surface area contributed by atoms with Gasteiger partial charge in [0.05, 0.1) is 0 Å². The summed E-state index contributed by atoms with van der Waals surface area (Å²) >= 11 is 0. The molecule has 2 aromatic carbocycles. The molecule has 0 amide bonds. The van der Waals surface area contributed by atoms with Crippen LogP contribution in [-0.2, 0) is 24.2 Å². The van der Waals surface area contributed by atoms with Crippen molar-refractivity contribution in [1.29, 1.82) is 0 Å². The number of halogens is 1. The van der Waals surface area contributed by atoms with E-state index in [2.05, 4.69) is 0 Å². The van der Waals surface area contributed by atoms with Crippen molar-refractivity contribution in [3.63, 3.8) is 0 Å². The first-order valence-corrected chi connectivity index (χ1v) is 6.22. The minimum atomic E-state index is -0.331. The molecule has 0 aliphatic heterocycles. The van der Waals surface area contributed by atoms with Crippen LogP contribution in [0.25, 0.3) is 0 Å². The highest BCUT2D eigenvalue weighted by atomic mass is 19.1. The molecule has 0 aliphatic carbocycles. The van der Waals surface area contributed by atoms with Crippen molar-refractivity contribution < 1.29 is 9.18 Å². The highest BCUT2D eigenvalue weighted by molar-refractivity contribution is 5.83. The summed E-state index contributed by atoms with van der Waals surface area (Å²) in [5.41, 5.74) is 7.96. The van der Waals surface area contributed by atoms with E-state index in [0.29, 0.717) is 18.5 Å². The Kier molecular flexibility index (Phi) is 4.42. The first-order valence-electron chi connectivity index (χ1n) is 6.22. The summed E-state index contributed by atoms with van der Waals surface area (Å²) in [6, 6.07) is 13.9. The van der Waals surface area contributed by atoms with Gasteiger partial charge in [0.25, 0.3) is 0 Å². The smallest absolute Gasteiger partial charge is 0.141 e. The lowest BCUT2D eigenvalue weighted by Crippen LogP contribution is -2.10. The Morgan fingerprint density at radius 3 is 2.05 bits per heavy atom. The first kappa shape index (κ1) is 13.4. The van der Waals surface area contributed by atoms with Crippen LogP contribution < -0.4 is 5.73 Å². The van der Waals surface area contributed by atoms with E-state index in [9.17, 15) is 9.18 Å². The number of hydrogen-bond donors (Lipinski definition) is 1. The zero-order chi connectivity index (χ0) is 13.7. The van der Waals surface area contributed by atoms with Crippen molar-refractivity contribution >= 4 is 5.78 Å². The zero-order valence-corrected chi connectivity index (χ0v) is 10.6. The molecule has 0 unspecified atom stereocenters. The molecular weight excluding hydrogens is 241 g/mol. The maximum absolute atomic E-state index is 13.5. The third-order valence-corrected chi connectivity index (χ3v) is 3.07. The summed E-state index contributed by atoms with van der Waals surface area (Å²) in [5, 5.41) is 0. The fraction of sp³-hybridized carbons (Fsp3) is 0.188. The van der Waals surface area contributed by atoms with E-state index in [1.165, 1.54) is 6.07 Å². The summed E-state index contributed by atoms with van der Waals surface area (Å²) in [5.74, 6) is -0.339. The van der Waals surface area contributed by atoms with Crippen LogP contribution in [0.5, 0.6) is 0 Å². The Morgan fingerprint density at radius 1 is 0.895 bits per heavy atom. The molecule has 2 nitrogen and oxygen atoms in total. The predicted octanol–water partition coefficient (Wildman–Crippen LogP) is 2.64. The van der Waals surface area contributed by atoms with Crippen LogP contribution in [0.15, 0.2) is 48.5 Å². The second-order valence-corrected chi connectivity index (χ2v) is 4.46. The van der Waals surface area contributed by atoms with Crippen LogP contribution in [0.1, 0.15) is 16.7 Å². The number of rotatable bonds is 5. The molecule has 0 atom stereocenters. The molecular formula is C16H16FNO. The van der Waals surface area contributed by atoms with Gasteiger partial charge < -0.3 is 5.73 Å². The fourth-order valence-corrected chi connectivity index (χ4v) is 2.06. The number of carbonyl (C=O) groups is 1. The number of nitrogens with two attached hydrogens (primary N) is 1. The van der Waals surface area contributed by atoms with E-state index in [-0.39, 0.29) is 18.0 Å². The van der Waals surface area contributed by atoms with Crippen LogP contribution in [0.3, 0.4) is 0 Å². The lowest BCUT2D eigenvalue weighted by molar-refractivity contribution is -0.117. The third-order valence-electron chi connectivity index (χ3n) is 3.07. The lowest BCUT2D eigenvalue weighted by atomic mass is 9.99. The fourth-order valence-electron chi connectivity index (χ4n) is 2.06. The Hall–Kier alpha value is -2.00. The maximum Gasteiger partial charge on any atom is 0.141 e. The van der Waals surface area contributed by atoms with Crippen molar-refractivity contribution in [2.24, 2.45) is 5.73 Å². The molecule has 98 valence electrons. The molecule has 2 aromatic rings. The average Bonchev–Trinajstić information content (AvgIpc) is 2.42. The molecule has 19 heavy (non-hydrogen) atoms. The van der Waals surface area contributed by atoms with Gasteiger partial charge in [-0.2, -0.15) is 0 Å². The van der Waals surface area contributed by atoms with Crippen molar-refractivity contribution in [3.05, 3.63) is 71.0 Å². The number of carbonyl (C=O) groups excluding carboxylic acids is 1. The highest BCUT2D eigenvalue weighted by Gasteiger charge is 2.10. The van der Waals surface area contributed by atoms with Gasteiger partial charge in [0.1, 0.15) is 11.6 Å². The highest BCUT2D eigenvalue weighted by Crippen LogP contribution is 2.12. The third kappa shape index (κ3) is 3.48. The topological polar surface area (TPSA) is 43.1 Å². The van der Waals surface area contributed by atoms with Gasteiger partial charge in [0.2, 0.25) is 0 Å². The van der Waals surface area contributed by atoms with Gasteiger partial charge in [-0.15, -0.1) is 0 Å². The Bertz CT molecular complexity index is 580. The first-order chi connectivity index (χ1) is 9.20. The van der Waals surface area contributed by atoms with E-state index in [4.69, 9.17) is 5.73 Å². The van der Waals surface area contributed by atoms with Crippen LogP contribution in [0.4, 0.5) is 4.39 Å². The monoisotopic (exact) mass is 257 g/mol. The standard InChI is InChI=1S/C16H16FNO/c17-16-8-4-3-6-13(16)10-15(19)9-12-5-1-2-7-14(12)11-18/h1-8H,9-11,18H2. The summed E-state index contributed by atoms with van der Waals surface area (Å²) in [6.45, 7) is 0.406. The molecule has 0 spiro atoms. The predicted molar refractivity (Wildman–Crippen MR) is 73.1 cm³/mol. The molecule has 3 heteroatoms. The lowest BCUT2D eigenvalue weighted by Gasteiger charge is -2.07. The number of ketones is 1. The van der Waals surface area contributed by atoms with Gasteiger partial charge in [-0.25, -0.2) is 4.39 Å². The van der Waals surface area contributed by atoms with E-state index < -0.39 is 0 Å². The SMILES string of the molecule is NCc1ccccc1CC(=O)Cc1ccccc1F. The number of hydrogen-bond acceptors (Lipinski definition) is 2. The van der Waals surface area contributed by atoms with Crippen molar-refractivity contribution in [3.8, 4) is 0 Å². The summed E-state index contributed by atoms with van der Waals surface area (Å²) in [6.07, 6.45) is 0.410. The van der Waals surface area contributed by atoms with Crippen LogP contribution >= 0.6 is 0 Å². The maximum atomic E-state index is 13.5. The second-order valence-electron chi connectivity index (χ2n) is 4.46. The summed E-state index contributed by atoms with van der Waals surface area (Å²) in [4.78, 5) is 12.0. The van der Waals surface area contributed by atoms with Crippen LogP contribution in [0.2, 0.25) is 0 Å². The summed E-state index contributed by atoms with van der Waals surface area (Å²) in [7, 11) is 0. The van der Waals surface area contributed by atoms with Crippen molar-refractivity contribution in [2.75, 3.05) is 0 Å². The molecule has 0 saturated carbocycles. The molecule has 0 saturated heterocycles. The quantitative estimate of drug-likeness (QED) is 0.894. The van der Waals surface area contributed by atoms with Crippen molar-refractivity contribution in [2.45, 2.75) is 19.4 Å². The minimum absolute atomic E-state index is 0.00833. The van der Waals surface area contributed by atoms with E-state index >= 15 is 0 Å². The molecule has 0 heterocycles. The van der Waals surface area contributed by atoms with Gasteiger partial charge in [-0.3, -0.25) is 4.79 Å². The zero-order valence-electron chi connectivity index (χ0n) is 10.6. The Balaban J connectivity index is 2.08. The minimum Gasteiger partial charge on any atom is -0.326 e. The molecule has 0 fully saturated rings. The Labute approximate surface area is 112 Å². The molecule has 2 N–H and O–H groups in total. The number of Topliss-reactive ketones (excluding diaryl/α,β-unsaturated/α-hetero) is 1. The van der Waals surface area contributed by atoms with E-state index in [0.717, 1.165) is 11.1 Å². The molecule has 0 bridgehead atoms. The van der Waals surface area contributed by atoms with Gasteiger partial charge in [-0.05, 0) is 22.8 Å². The summed E-state index contributed by atoms with van der Waals surface area (Å²) < 4.78 is 13.5. The Morgan fingerprint density at radius 2 is 1.42 bits per heavy atom. The normalized spacial score (nSPS) is 10.4. The molecule has 0 aromatic heterocycles. The van der Waals surface area contributed by atoms with Crippen LogP contribution in [0, 0.1) is 5.82 Å². The van der Waals surface area contributed by atoms with E-state index in [1.807, 2.05) is 24.3 Å². The van der Waals surface area contributed by atoms with Gasteiger partial charge >= 0.3 is 0 Å². The van der Waals surface area contributed by atoms with E-state index in [1.54, 1.807) is 18.2 Å². The largest absolute Gasteiger partial charge is 0.326 e. The second kappa shape index (κ2) is 6.25. The average molecular weight is 257 g/mol. The van der Waals surface area contributed by atoms with Crippen molar-refractivity contribution in [1.82, 2.24) is 0 Å². The van der Waals surface area contributed by atoms with Gasteiger partial charge in [0.15, 0.2) is 0 Å². The molecule has 0 radical (unpaired) electrons. The van der Waals surface area contributed by atoms with Gasteiger partial charge in [0, 0.05) is 19.4 Å². The number of benzene rings is 2. The van der Waals surface area contributed by atoms with Gasteiger partial charge in [-0.1, -0.05) is 42.5 Å². The molecule has 2 rings (SSSR count). The molecule has 0 aliphatic rings.